The van der Waals surface area contributed by atoms with Crippen LogP contribution < -0.4 is 16.0 Å². The van der Waals surface area contributed by atoms with Crippen molar-refractivity contribution < 1.29 is 22.8 Å². The summed E-state index contributed by atoms with van der Waals surface area (Å²) in [6.07, 6.45) is -4.62. The van der Waals surface area contributed by atoms with Gasteiger partial charge in [0.05, 0.1) is 22.9 Å². The van der Waals surface area contributed by atoms with Crippen LogP contribution in [0.3, 0.4) is 0 Å². The molecule has 1 heterocycles. The molecule has 1 atom stereocenters. The Morgan fingerprint density at radius 3 is 2.19 bits per heavy atom. The number of hydrogen-bond acceptors (Lipinski definition) is 2. The summed E-state index contributed by atoms with van der Waals surface area (Å²) in [7, 11) is 0. The number of amides is 3. The van der Waals surface area contributed by atoms with Gasteiger partial charge in [0.1, 0.15) is 0 Å². The molecule has 0 spiro atoms. The predicted octanol–water partition coefficient (Wildman–Crippen LogP) is 5.27. The van der Waals surface area contributed by atoms with Crippen molar-refractivity contribution in [1.29, 1.82) is 0 Å². The molecule has 0 radical (unpaired) electrons. The normalized spacial score (nSPS) is 17.1. The third-order valence-electron chi connectivity index (χ3n) is 5.10. The highest BCUT2D eigenvalue weighted by Crippen LogP contribution is 2.36. The van der Waals surface area contributed by atoms with Crippen LogP contribution in [0.2, 0.25) is 0 Å². The van der Waals surface area contributed by atoms with Gasteiger partial charge in [-0.25, -0.2) is 4.79 Å². The summed E-state index contributed by atoms with van der Waals surface area (Å²) in [4.78, 5) is 25.1. The van der Waals surface area contributed by atoms with Crippen molar-refractivity contribution in [2.75, 3.05) is 5.32 Å². The third-order valence-corrected chi connectivity index (χ3v) is 5.10. The van der Waals surface area contributed by atoms with Crippen LogP contribution >= 0.6 is 0 Å². The second kappa shape index (κ2) is 8.09. The third kappa shape index (κ3) is 4.90. The fourth-order valence-corrected chi connectivity index (χ4v) is 3.45. The highest BCUT2D eigenvalue weighted by Gasteiger charge is 2.36. The van der Waals surface area contributed by atoms with Crippen molar-refractivity contribution in [3.05, 3.63) is 76.5 Å². The van der Waals surface area contributed by atoms with Gasteiger partial charge < -0.3 is 16.0 Å². The Morgan fingerprint density at radius 2 is 1.61 bits per heavy atom. The van der Waals surface area contributed by atoms with E-state index in [-0.39, 0.29) is 22.4 Å². The van der Waals surface area contributed by atoms with Crippen molar-refractivity contribution in [2.24, 2.45) is 0 Å². The molecule has 3 N–H and O–H groups in total. The summed E-state index contributed by atoms with van der Waals surface area (Å²) >= 11 is 0. The predicted molar refractivity (Wildman–Crippen MR) is 112 cm³/mol. The zero-order chi connectivity index (χ0) is 23.0. The Balaban J connectivity index is 1.97. The van der Waals surface area contributed by atoms with Crippen LogP contribution in [0.4, 0.5) is 23.7 Å². The monoisotopic (exact) mass is 431 g/mol. The van der Waals surface area contributed by atoms with E-state index in [0.29, 0.717) is 5.56 Å². The van der Waals surface area contributed by atoms with Gasteiger partial charge in [0.2, 0.25) is 0 Å². The highest BCUT2D eigenvalue weighted by molar-refractivity contribution is 6.07. The van der Waals surface area contributed by atoms with Gasteiger partial charge in [-0.1, -0.05) is 57.2 Å². The molecule has 0 saturated carbocycles. The van der Waals surface area contributed by atoms with Crippen molar-refractivity contribution in [3.8, 4) is 0 Å². The Labute approximate surface area is 178 Å². The molecule has 2 aromatic carbocycles. The Bertz CT molecular complexity index is 1040. The van der Waals surface area contributed by atoms with Crippen molar-refractivity contribution in [2.45, 2.75) is 45.3 Å². The summed E-state index contributed by atoms with van der Waals surface area (Å²) in [5, 5.41) is 7.57. The summed E-state index contributed by atoms with van der Waals surface area (Å²) in [6, 6.07) is 10.9. The molecular formula is C23H24F3N3O2. The SMILES string of the molecule is CC1=C(C(=O)Nc2ccccc2C(F)(F)F)[C@H](c2ccc(C(C)(C)C)cc2)NC(=O)N1. The van der Waals surface area contributed by atoms with E-state index in [1.54, 1.807) is 19.1 Å². The largest absolute Gasteiger partial charge is 0.418 e. The molecule has 0 bridgehead atoms. The minimum atomic E-state index is -4.62. The lowest BCUT2D eigenvalue weighted by Crippen LogP contribution is -2.46. The standard InChI is InChI=1S/C23H24F3N3O2/c1-13-18(20(30)28-17-8-6-5-7-16(17)23(24,25)26)19(29-21(31)27-13)14-9-11-15(12-10-14)22(2,3)4/h5-12,19H,1-4H3,(H,28,30)(H2,27,29,31)/t19-/m0/s1. The molecule has 0 aliphatic carbocycles. The van der Waals surface area contributed by atoms with E-state index in [1.807, 2.05) is 12.1 Å². The molecule has 8 heteroatoms. The molecule has 3 rings (SSSR count). The van der Waals surface area contributed by atoms with E-state index in [4.69, 9.17) is 0 Å². The number of para-hydroxylation sites is 1. The summed E-state index contributed by atoms with van der Waals surface area (Å²) in [5.41, 5.74) is 0.761. The number of carbonyl (C=O) groups excluding carboxylic acids is 2. The topological polar surface area (TPSA) is 70.2 Å². The van der Waals surface area contributed by atoms with Crippen LogP contribution in [0.5, 0.6) is 0 Å². The van der Waals surface area contributed by atoms with Gasteiger partial charge in [-0.05, 0) is 35.6 Å². The van der Waals surface area contributed by atoms with Crippen molar-refractivity contribution >= 4 is 17.6 Å². The first kappa shape index (κ1) is 22.4. The molecule has 0 fully saturated rings. The minimum absolute atomic E-state index is 0.0802. The summed E-state index contributed by atoms with van der Waals surface area (Å²) in [5.74, 6) is -0.730. The summed E-state index contributed by atoms with van der Waals surface area (Å²) in [6.45, 7) is 7.74. The molecule has 2 aromatic rings. The van der Waals surface area contributed by atoms with Crippen LogP contribution in [-0.4, -0.2) is 11.9 Å². The minimum Gasteiger partial charge on any atom is -0.327 e. The molecular weight excluding hydrogens is 407 g/mol. The van der Waals surface area contributed by atoms with Crippen LogP contribution in [-0.2, 0) is 16.4 Å². The van der Waals surface area contributed by atoms with Gasteiger partial charge in [0.15, 0.2) is 0 Å². The van der Waals surface area contributed by atoms with E-state index >= 15 is 0 Å². The number of benzene rings is 2. The number of nitrogens with one attached hydrogen (secondary N) is 3. The van der Waals surface area contributed by atoms with E-state index in [1.165, 1.54) is 18.2 Å². The number of allylic oxidation sites excluding steroid dienone is 1. The van der Waals surface area contributed by atoms with Crippen molar-refractivity contribution in [1.82, 2.24) is 10.6 Å². The van der Waals surface area contributed by atoms with Gasteiger partial charge in [0.25, 0.3) is 5.91 Å². The van der Waals surface area contributed by atoms with Crippen molar-refractivity contribution in [3.63, 3.8) is 0 Å². The van der Waals surface area contributed by atoms with Gasteiger partial charge in [-0.3, -0.25) is 4.79 Å². The van der Waals surface area contributed by atoms with E-state index in [9.17, 15) is 22.8 Å². The first-order chi connectivity index (χ1) is 14.4. The van der Waals surface area contributed by atoms with Crippen LogP contribution in [0.1, 0.15) is 50.4 Å². The molecule has 1 aliphatic rings. The lowest BCUT2D eigenvalue weighted by molar-refractivity contribution is -0.137. The van der Waals surface area contributed by atoms with E-state index in [0.717, 1.165) is 11.6 Å². The molecule has 0 unspecified atom stereocenters. The number of anilines is 1. The maximum Gasteiger partial charge on any atom is 0.418 e. The van der Waals surface area contributed by atoms with E-state index in [2.05, 4.69) is 36.7 Å². The number of carbonyl (C=O) groups is 2. The zero-order valence-corrected chi connectivity index (χ0v) is 17.6. The number of urea groups is 1. The Morgan fingerprint density at radius 1 is 1.00 bits per heavy atom. The fourth-order valence-electron chi connectivity index (χ4n) is 3.45. The first-order valence-corrected chi connectivity index (χ1v) is 9.74. The molecule has 1 aliphatic heterocycles. The number of rotatable bonds is 3. The fraction of sp³-hybridized carbons (Fsp3) is 0.304. The summed E-state index contributed by atoms with van der Waals surface area (Å²) < 4.78 is 39.9. The maximum atomic E-state index is 13.3. The van der Waals surface area contributed by atoms with Gasteiger partial charge in [-0.2, -0.15) is 13.2 Å². The quantitative estimate of drug-likeness (QED) is 0.620. The molecule has 31 heavy (non-hydrogen) atoms. The second-order valence-electron chi connectivity index (χ2n) is 8.44. The molecule has 0 saturated heterocycles. The second-order valence-corrected chi connectivity index (χ2v) is 8.44. The number of halogens is 3. The average molecular weight is 431 g/mol. The lowest BCUT2D eigenvalue weighted by atomic mass is 9.85. The Hall–Kier alpha value is -3.29. The highest BCUT2D eigenvalue weighted by atomic mass is 19.4. The first-order valence-electron chi connectivity index (χ1n) is 9.74. The number of alkyl halides is 3. The van der Waals surface area contributed by atoms with E-state index < -0.39 is 29.7 Å². The molecule has 3 amide bonds. The van der Waals surface area contributed by atoms with Crippen LogP contribution in [0, 0.1) is 0 Å². The lowest BCUT2D eigenvalue weighted by Gasteiger charge is -2.29. The number of hydrogen-bond donors (Lipinski definition) is 3. The Kier molecular flexibility index (Phi) is 5.85. The molecule has 5 nitrogen and oxygen atoms in total. The molecule has 164 valence electrons. The van der Waals surface area contributed by atoms with Gasteiger partial charge in [0, 0.05) is 5.70 Å². The zero-order valence-electron chi connectivity index (χ0n) is 17.6. The van der Waals surface area contributed by atoms with Crippen LogP contribution in [0.15, 0.2) is 59.8 Å². The van der Waals surface area contributed by atoms with Crippen LogP contribution in [0.25, 0.3) is 0 Å². The van der Waals surface area contributed by atoms with Gasteiger partial charge in [-0.15, -0.1) is 0 Å². The average Bonchev–Trinajstić information content (AvgIpc) is 2.66. The van der Waals surface area contributed by atoms with Gasteiger partial charge >= 0.3 is 12.2 Å². The molecule has 0 aromatic heterocycles. The maximum absolute atomic E-state index is 13.3. The smallest absolute Gasteiger partial charge is 0.327 e.